The van der Waals surface area contributed by atoms with Gasteiger partial charge in [-0.1, -0.05) is 0 Å². The largest absolute Gasteiger partial charge is 0.497 e. The van der Waals surface area contributed by atoms with Crippen LogP contribution in [0.5, 0.6) is 11.5 Å². The molecule has 7 heteroatoms. The van der Waals surface area contributed by atoms with Gasteiger partial charge in [0.15, 0.2) is 6.10 Å². The predicted octanol–water partition coefficient (Wildman–Crippen LogP) is 4.49. The van der Waals surface area contributed by atoms with E-state index in [1.807, 2.05) is 0 Å². The van der Waals surface area contributed by atoms with E-state index >= 15 is 0 Å². The number of hydrogen-bond donors (Lipinski definition) is 2. The molecule has 6 nitrogen and oxygen atoms in total. The molecule has 0 saturated heterocycles. The van der Waals surface area contributed by atoms with Crippen LogP contribution in [-0.4, -0.2) is 25.0 Å². The fraction of sp³-hybridized carbons (Fsp3) is 0.130. The highest BCUT2D eigenvalue weighted by molar-refractivity contribution is 6.04. The number of benzene rings is 3. The van der Waals surface area contributed by atoms with Crippen molar-refractivity contribution in [2.24, 2.45) is 0 Å². The van der Waals surface area contributed by atoms with Gasteiger partial charge >= 0.3 is 0 Å². The lowest BCUT2D eigenvalue weighted by atomic mass is 10.2. The van der Waals surface area contributed by atoms with E-state index in [0.29, 0.717) is 28.4 Å². The van der Waals surface area contributed by atoms with Gasteiger partial charge in [0.1, 0.15) is 17.3 Å². The van der Waals surface area contributed by atoms with Crippen molar-refractivity contribution >= 4 is 23.2 Å². The van der Waals surface area contributed by atoms with Crippen LogP contribution in [0.3, 0.4) is 0 Å². The summed E-state index contributed by atoms with van der Waals surface area (Å²) in [5.74, 6) is 0.120. The van der Waals surface area contributed by atoms with Gasteiger partial charge in [-0.15, -0.1) is 0 Å². The van der Waals surface area contributed by atoms with E-state index in [1.165, 1.54) is 24.3 Å². The molecule has 0 spiro atoms. The summed E-state index contributed by atoms with van der Waals surface area (Å²) in [5.41, 5.74) is 1.57. The summed E-state index contributed by atoms with van der Waals surface area (Å²) >= 11 is 0. The van der Waals surface area contributed by atoms with Gasteiger partial charge in [-0.2, -0.15) is 0 Å². The van der Waals surface area contributed by atoms with Crippen LogP contribution in [0.25, 0.3) is 0 Å². The summed E-state index contributed by atoms with van der Waals surface area (Å²) in [4.78, 5) is 24.6. The minimum absolute atomic E-state index is 0.270. The Balaban J connectivity index is 1.55. The van der Waals surface area contributed by atoms with E-state index in [4.69, 9.17) is 9.47 Å². The van der Waals surface area contributed by atoms with Gasteiger partial charge in [-0.05, 0) is 79.7 Å². The molecule has 0 saturated carbocycles. The number of nitrogens with one attached hydrogen (secondary N) is 2. The molecule has 0 unspecified atom stereocenters. The third-order valence-electron chi connectivity index (χ3n) is 4.26. The fourth-order valence-electron chi connectivity index (χ4n) is 2.60. The standard InChI is InChI=1S/C23H21FN2O4/c1-15(22(27)25-18-7-5-17(24)6-8-18)30-21-11-3-16(4-12-21)23(28)26-19-9-13-20(29-2)14-10-19/h3-15H,1-2H3,(H,25,27)(H,26,28)/t15-/m1/s1. The molecule has 0 aliphatic rings. The highest BCUT2D eigenvalue weighted by Crippen LogP contribution is 2.18. The Morgan fingerprint density at radius 3 is 1.93 bits per heavy atom. The topological polar surface area (TPSA) is 76.7 Å². The summed E-state index contributed by atoms with van der Waals surface area (Å²) in [6.45, 7) is 1.60. The highest BCUT2D eigenvalue weighted by Gasteiger charge is 2.15. The number of ether oxygens (including phenoxy) is 2. The number of carbonyl (C=O) groups excluding carboxylic acids is 2. The first-order valence-electron chi connectivity index (χ1n) is 9.23. The maximum absolute atomic E-state index is 12.9. The summed E-state index contributed by atoms with van der Waals surface area (Å²) in [6.07, 6.45) is -0.783. The van der Waals surface area contributed by atoms with Crippen LogP contribution in [0.2, 0.25) is 0 Å². The lowest BCUT2D eigenvalue weighted by Crippen LogP contribution is -2.30. The van der Waals surface area contributed by atoms with Gasteiger partial charge in [0, 0.05) is 16.9 Å². The third-order valence-corrected chi connectivity index (χ3v) is 4.26. The normalized spacial score (nSPS) is 11.3. The SMILES string of the molecule is COc1ccc(NC(=O)c2ccc(O[C@H](C)C(=O)Nc3ccc(F)cc3)cc2)cc1. The van der Waals surface area contributed by atoms with Crippen molar-refractivity contribution in [3.63, 3.8) is 0 Å². The fourth-order valence-corrected chi connectivity index (χ4v) is 2.60. The Bertz CT molecular complexity index is 1000. The Kier molecular flexibility index (Phi) is 6.64. The second kappa shape index (κ2) is 9.56. The third kappa shape index (κ3) is 5.57. The molecule has 0 aromatic heterocycles. The molecule has 1 atom stereocenters. The van der Waals surface area contributed by atoms with Crippen LogP contribution >= 0.6 is 0 Å². The first-order chi connectivity index (χ1) is 14.4. The van der Waals surface area contributed by atoms with Crippen LogP contribution in [0, 0.1) is 5.82 Å². The molecule has 0 radical (unpaired) electrons. The minimum atomic E-state index is -0.783. The van der Waals surface area contributed by atoms with E-state index < -0.39 is 6.10 Å². The lowest BCUT2D eigenvalue weighted by Gasteiger charge is -2.15. The number of amides is 2. The van der Waals surface area contributed by atoms with Crippen LogP contribution in [-0.2, 0) is 4.79 Å². The first-order valence-corrected chi connectivity index (χ1v) is 9.23. The average Bonchev–Trinajstić information content (AvgIpc) is 2.76. The van der Waals surface area contributed by atoms with Crippen LogP contribution in [0.15, 0.2) is 72.8 Å². The zero-order chi connectivity index (χ0) is 21.5. The number of hydrogen-bond acceptors (Lipinski definition) is 4. The summed E-state index contributed by atoms with van der Waals surface area (Å²) in [6, 6.07) is 18.9. The maximum atomic E-state index is 12.9. The molecule has 154 valence electrons. The van der Waals surface area contributed by atoms with Crippen LogP contribution < -0.4 is 20.1 Å². The van der Waals surface area contributed by atoms with Gasteiger partial charge in [0.25, 0.3) is 11.8 Å². The van der Waals surface area contributed by atoms with Crippen molar-refractivity contribution in [1.29, 1.82) is 0 Å². The second-order valence-corrected chi connectivity index (χ2v) is 6.46. The monoisotopic (exact) mass is 408 g/mol. The minimum Gasteiger partial charge on any atom is -0.497 e. The summed E-state index contributed by atoms with van der Waals surface area (Å²) in [5, 5.41) is 5.44. The molecule has 3 aromatic rings. The van der Waals surface area contributed by atoms with Crippen molar-refractivity contribution in [3.05, 3.63) is 84.2 Å². The molecular formula is C23H21FN2O4. The maximum Gasteiger partial charge on any atom is 0.265 e. The Labute approximate surface area is 173 Å². The molecule has 30 heavy (non-hydrogen) atoms. The van der Waals surface area contributed by atoms with Crippen molar-refractivity contribution in [3.8, 4) is 11.5 Å². The second-order valence-electron chi connectivity index (χ2n) is 6.46. The van der Waals surface area contributed by atoms with Crippen molar-refractivity contribution in [1.82, 2.24) is 0 Å². The Hall–Kier alpha value is -3.87. The van der Waals surface area contributed by atoms with Crippen molar-refractivity contribution in [2.75, 3.05) is 17.7 Å². The number of methoxy groups -OCH3 is 1. The van der Waals surface area contributed by atoms with Crippen LogP contribution in [0.1, 0.15) is 17.3 Å². The number of rotatable bonds is 7. The van der Waals surface area contributed by atoms with Crippen molar-refractivity contribution < 1.29 is 23.5 Å². The van der Waals surface area contributed by atoms with Gasteiger partial charge in [-0.25, -0.2) is 4.39 Å². The molecule has 3 rings (SSSR count). The smallest absolute Gasteiger partial charge is 0.265 e. The molecule has 3 aromatic carbocycles. The van der Waals surface area contributed by atoms with E-state index in [1.54, 1.807) is 62.6 Å². The van der Waals surface area contributed by atoms with Crippen LogP contribution in [0.4, 0.5) is 15.8 Å². The molecule has 0 aliphatic carbocycles. The van der Waals surface area contributed by atoms with E-state index in [9.17, 15) is 14.0 Å². The van der Waals surface area contributed by atoms with Gasteiger partial charge in [-0.3, -0.25) is 9.59 Å². The molecule has 0 fully saturated rings. The number of anilines is 2. The zero-order valence-electron chi connectivity index (χ0n) is 16.5. The Morgan fingerprint density at radius 1 is 0.800 bits per heavy atom. The molecule has 0 aliphatic heterocycles. The number of halogens is 1. The summed E-state index contributed by atoms with van der Waals surface area (Å²) < 4.78 is 23.6. The predicted molar refractivity (Wildman–Crippen MR) is 113 cm³/mol. The average molecular weight is 408 g/mol. The van der Waals surface area contributed by atoms with Gasteiger partial charge < -0.3 is 20.1 Å². The molecule has 2 N–H and O–H groups in total. The number of carbonyl (C=O) groups is 2. The zero-order valence-corrected chi connectivity index (χ0v) is 16.5. The highest BCUT2D eigenvalue weighted by atomic mass is 19.1. The summed E-state index contributed by atoms with van der Waals surface area (Å²) in [7, 11) is 1.57. The molecule has 2 amide bonds. The van der Waals surface area contributed by atoms with Gasteiger partial charge in [0.05, 0.1) is 7.11 Å². The van der Waals surface area contributed by atoms with Crippen molar-refractivity contribution in [2.45, 2.75) is 13.0 Å². The molecule has 0 bridgehead atoms. The van der Waals surface area contributed by atoms with E-state index in [-0.39, 0.29) is 17.6 Å². The molecular weight excluding hydrogens is 387 g/mol. The quantitative estimate of drug-likeness (QED) is 0.604. The van der Waals surface area contributed by atoms with E-state index in [2.05, 4.69) is 10.6 Å². The molecule has 0 heterocycles. The van der Waals surface area contributed by atoms with Gasteiger partial charge in [0.2, 0.25) is 0 Å². The first kappa shape index (κ1) is 20.9. The Morgan fingerprint density at radius 2 is 1.33 bits per heavy atom. The lowest BCUT2D eigenvalue weighted by molar-refractivity contribution is -0.122. The van der Waals surface area contributed by atoms with E-state index in [0.717, 1.165) is 0 Å².